The van der Waals surface area contributed by atoms with Crippen molar-refractivity contribution in [3.05, 3.63) is 58.9 Å². The summed E-state index contributed by atoms with van der Waals surface area (Å²) in [5.41, 5.74) is 2.25. The van der Waals surface area contributed by atoms with E-state index >= 15 is 0 Å². The maximum absolute atomic E-state index is 13.1. The Hall–Kier alpha value is -2.80. The van der Waals surface area contributed by atoms with Crippen LogP contribution in [-0.2, 0) is 4.79 Å². The largest absolute Gasteiger partial charge is 0.323 e. The normalized spacial score (nSPS) is 12.0. The lowest BCUT2D eigenvalue weighted by Crippen LogP contribution is -2.25. The van der Waals surface area contributed by atoms with E-state index in [9.17, 15) is 9.18 Å². The fraction of sp³-hybridized carbons (Fsp3) is 0.176. The standard InChI is InChI=1S/C17H15ClFN5O/c1-10-3-5-12(6-4-10)16-21-23-24(22-16)11(2)17(25)20-15-8-7-13(19)9-14(15)18/h3-9,11H,1-2H3,(H,20,25)/t11-/m1/s1. The predicted octanol–water partition coefficient (Wildman–Crippen LogP) is 3.64. The zero-order valence-corrected chi connectivity index (χ0v) is 14.3. The first-order chi connectivity index (χ1) is 11.9. The summed E-state index contributed by atoms with van der Waals surface area (Å²) >= 11 is 5.92. The van der Waals surface area contributed by atoms with Gasteiger partial charge in [0, 0.05) is 5.56 Å². The molecule has 0 unspecified atom stereocenters. The number of carbonyl (C=O) groups is 1. The van der Waals surface area contributed by atoms with E-state index in [0.29, 0.717) is 11.5 Å². The molecule has 0 spiro atoms. The van der Waals surface area contributed by atoms with Crippen LogP contribution in [0.2, 0.25) is 5.02 Å². The van der Waals surface area contributed by atoms with E-state index in [0.717, 1.165) is 17.2 Å². The highest BCUT2D eigenvalue weighted by Gasteiger charge is 2.19. The highest BCUT2D eigenvalue weighted by atomic mass is 35.5. The number of benzene rings is 2. The molecule has 8 heteroatoms. The Kier molecular flexibility index (Phi) is 4.76. The number of anilines is 1. The summed E-state index contributed by atoms with van der Waals surface area (Å²) in [6.07, 6.45) is 0. The third-order valence-corrected chi connectivity index (χ3v) is 3.97. The molecule has 1 aromatic heterocycles. The van der Waals surface area contributed by atoms with Crippen LogP contribution < -0.4 is 5.32 Å². The van der Waals surface area contributed by atoms with Gasteiger partial charge in [0.15, 0.2) is 0 Å². The molecule has 0 aliphatic heterocycles. The van der Waals surface area contributed by atoms with Crippen molar-refractivity contribution in [2.45, 2.75) is 19.9 Å². The van der Waals surface area contributed by atoms with Gasteiger partial charge in [0.1, 0.15) is 11.9 Å². The lowest BCUT2D eigenvalue weighted by atomic mass is 10.1. The molecule has 3 aromatic rings. The molecule has 0 saturated carbocycles. The molecule has 1 atom stereocenters. The summed E-state index contributed by atoms with van der Waals surface area (Å²) in [6.45, 7) is 3.62. The van der Waals surface area contributed by atoms with Crippen molar-refractivity contribution in [1.29, 1.82) is 0 Å². The van der Waals surface area contributed by atoms with Gasteiger partial charge in [-0.05, 0) is 37.3 Å². The minimum Gasteiger partial charge on any atom is -0.323 e. The number of aromatic nitrogens is 4. The van der Waals surface area contributed by atoms with Crippen LogP contribution in [0.3, 0.4) is 0 Å². The van der Waals surface area contributed by atoms with Crippen LogP contribution in [0, 0.1) is 12.7 Å². The average molecular weight is 360 g/mol. The van der Waals surface area contributed by atoms with Crippen LogP contribution >= 0.6 is 11.6 Å². The Morgan fingerprint density at radius 1 is 1.24 bits per heavy atom. The van der Waals surface area contributed by atoms with Crippen LogP contribution in [0.5, 0.6) is 0 Å². The first-order valence-corrected chi connectivity index (χ1v) is 7.94. The number of aryl methyl sites for hydroxylation is 1. The average Bonchev–Trinajstić information content (AvgIpc) is 3.07. The monoisotopic (exact) mass is 359 g/mol. The fourth-order valence-corrected chi connectivity index (χ4v) is 2.35. The number of halogens is 2. The smallest absolute Gasteiger partial charge is 0.250 e. The minimum absolute atomic E-state index is 0.118. The molecule has 128 valence electrons. The molecular weight excluding hydrogens is 345 g/mol. The van der Waals surface area contributed by atoms with Gasteiger partial charge in [0.25, 0.3) is 5.91 Å². The number of hydrogen-bond acceptors (Lipinski definition) is 4. The van der Waals surface area contributed by atoms with E-state index in [1.54, 1.807) is 6.92 Å². The van der Waals surface area contributed by atoms with Crippen molar-refractivity contribution in [2.75, 3.05) is 5.32 Å². The topological polar surface area (TPSA) is 72.7 Å². The van der Waals surface area contributed by atoms with E-state index < -0.39 is 11.9 Å². The molecule has 6 nitrogen and oxygen atoms in total. The van der Waals surface area contributed by atoms with E-state index in [4.69, 9.17) is 11.6 Å². The number of nitrogens with zero attached hydrogens (tertiary/aromatic N) is 4. The quantitative estimate of drug-likeness (QED) is 0.771. The Balaban J connectivity index is 1.75. The number of tetrazole rings is 1. The Labute approximate surface area is 148 Å². The molecule has 1 amide bonds. The highest BCUT2D eigenvalue weighted by Crippen LogP contribution is 2.23. The summed E-state index contributed by atoms with van der Waals surface area (Å²) < 4.78 is 13.1. The maximum atomic E-state index is 13.1. The van der Waals surface area contributed by atoms with Crippen molar-refractivity contribution < 1.29 is 9.18 Å². The molecule has 0 saturated heterocycles. The number of rotatable bonds is 4. The van der Waals surface area contributed by atoms with Crippen LogP contribution in [0.15, 0.2) is 42.5 Å². The van der Waals surface area contributed by atoms with Crippen molar-refractivity contribution in [2.24, 2.45) is 0 Å². The third-order valence-electron chi connectivity index (χ3n) is 3.65. The molecule has 25 heavy (non-hydrogen) atoms. The van der Waals surface area contributed by atoms with Gasteiger partial charge >= 0.3 is 0 Å². The number of nitrogens with one attached hydrogen (secondary N) is 1. The van der Waals surface area contributed by atoms with E-state index in [1.165, 1.54) is 16.9 Å². The SMILES string of the molecule is Cc1ccc(-c2nnn([C@H](C)C(=O)Nc3ccc(F)cc3Cl)n2)cc1. The van der Waals surface area contributed by atoms with Gasteiger partial charge in [-0.3, -0.25) is 4.79 Å². The van der Waals surface area contributed by atoms with Gasteiger partial charge in [0.05, 0.1) is 10.7 Å². The molecule has 1 N–H and O–H groups in total. The second kappa shape index (κ2) is 6.98. The van der Waals surface area contributed by atoms with Gasteiger partial charge in [-0.15, -0.1) is 10.2 Å². The molecule has 0 aliphatic rings. The van der Waals surface area contributed by atoms with Crippen molar-refractivity contribution in [3.8, 4) is 11.4 Å². The summed E-state index contributed by atoms with van der Waals surface area (Å²) in [4.78, 5) is 13.6. The van der Waals surface area contributed by atoms with Gasteiger partial charge < -0.3 is 5.32 Å². The molecule has 2 aromatic carbocycles. The van der Waals surface area contributed by atoms with Crippen molar-refractivity contribution in [1.82, 2.24) is 20.2 Å². The fourth-order valence-electron chi connectivity index (χ4n) is 2.14. The first kappa shape index (κ1) is 17.0. The zero-order chi connectivity index (χ0) is 18.0. The summed E-state index contributed by atoms with van der Waals surface area (Å²) in [6, 6.07) is 10.7. The molecule has 0 aliphatic carbocycles. The summed E-state index contributed by atoms with van der Waals surface area (Å²) in [5.74, 6) is -0.433. The number of amides is 1. The molecule has 0 fully saturated rings. The second-order valence-electron chi connectivity index (χ2n) is 5.59. The summed E-state index contributed by atoms with van der Waals surface area (Å²) in [5, 5.41) is 14.9. The molecule has 0 radical (unpaired) electrons. The number of hydrogen-bond donors (Lipinski definition) is 1. The predicted molar refractivity (Wildman–Crippen MR) is 92.7 cm³/mol. The van der Waals surface area contributed by atoms with Gasteiger partial charge in [0.2, 0.25) is 5.82 Å². The zero-order valence-electron chi connectivity index (χ0n) is 13.6. The lowest BCUT2D eigenvalue weighted by molar-refractivity contribution is -0.119. The van der Waals surface area contributed by atoms with Gasteiger partial charge in [-0.1, -0.05) is 41.4 Å². The molecule has 3 rings (SSSR count). The molecular formula is C17H15ClFN5O. The van der Waals surface area contributed by atoms with Crippen LogP contribution in [-0.4, -0.2) is 26.1 Å². The van der Waals surface area contributed by atoms with Gasteiger partial charge in [-0.2, -0.15) is 4.80 Å². The highest BCUT2D eigenvalue weighted by molar-refractivity contribution is 6.33. The second-order valence-corrected chi connectivity index (χ2v) is 6.00. The van der Waals surface area contributed by atoms with Crippen molar-refractivity contribution in [3.63, 3.8) is 0 Å². The minimum atomic E-state index is -0.715. The first-order valence-electron chi connectivity index (χ1n) is 7.56. The Morgan fingerprint density at radius 2 is 1.96 bits per heavy atom. The maximum Gasteiger partial charge on any atom is 0.250 e. The molecule has 0 bridgehead atoms. The van der Waals surface area contributed by atoms with Crippen LogP contribution in [0.1, 0.15) is 18.5 Å². The third kappa shape index (κ3) is 3.83. The lowest BCUT2D eigenvalue weighted by Gasteiger charge is -2.11. The van der Waals surface area contributed by atoms with Crippen LogP contribution in [0.25, 0.3) is 11.4 Å². The van der Waals surface area contributed by atoms with E-state index in [2.05, 4.69) is 20.7 Å². The Morgan fingerprint density at radius 3 is 2.64 bits per heavy atom. The Bertz CT molecular complexity index is 910. The summed E-state index contributed by atoms with van der Waals surface area (Å²) in [7, 11) is 0. The van der Waals surface area contributed by atoms with E-state index in [-0.39, 0.29) is 10.9 Å². The van der Waals surface area contributed by atoms with Crippen LogP contribution in [0.4, 0.5) is 10.1 Å². The van der Waals surface area contributed by atoms with E-state index in [1.807, 2.05) is 31.2 Å². The van der Waals surface area contributed by atoms with Crippen molar-refractivity contribution >= 4 is 23.2 Å². The number of carbonyl (C=O) groups excluding carboxylic acids is 1. The van der Waals surface area contributed by atoms with Gasteiger partial charge in [-0.25, -0.2) is 4.39 Å². The molecule has 1 heterocycles.